The van der Waals surface area contributed by atoms with Crippen LogP contribution in [-0.4, -0.2) is 36.4 Å². The average molecular weight is 283 g/mol. The zero-order chi connectivity index (χ0) is 13.8. The first-order valence-electron chi connectivity index (χ1n) is 6.36. The van der Waals surface area contributed by atoms with E-state index in [0.717, 1.165) is 19.4 Å². The van der Waals surface area contributed by atoms with E-state index in [9.17, 15) is 13.2 Å². The molecule has 2 bridgehead atoms. The molecule has 2 unspecified atom stereocenters. The zero-order valence-corrected chi connectivity index (χ0v) is 11.6. The molecule has 7 heteroatoms. The van der Waals surface area contributed by atoms with E-state index in [2.05, 4.69) is 0 Å². The third-order valence-corrected chi connectivity index (χ3v) is 5.08. The highest BCUT2D eigenvalue weighted by molar-refractivity contribution is 7.89. The van der Waals surface area contributed by atoms with Crippen molar-refractivity contribution < 1.29 is 13.2 Å². The molecule has 2 heterocycles. The fourth-order valence-electron chi connectivity index (χ4n) is 3.22. The summed E-state index contributed by atoms with van der Waals surface area (Å²) in [6.45, 7) is 0.791. The number of carbonyl (C=O) groups excluding carboxylic acids is 1. The molecule has 1 saturated heterocycles. The number of rotatable bonds is 2. The fourth-order valence-corrected chi connectivity index (χ4v) is 3.80. The van der Waals surface area contributed by atoms with Gasteiger partial charge in [-0.3, -0.25) is 4.79 Å². The second-order valence-electron chi connectivity index (χ2n) is 5.51. The minimum absolute atomic E-state index is 0.0114. The number of piperidine rings is 1. The first kappa shape index (κ1) is 12.7. The van der Waals surface area contributed by atoms with Gasteiger partial charge >= 0.3 is 0 Å². The van der Waals surface area contributed by atoms with Gasteiger partial charge in [0.15, 0.2) is 0 Å². The molecule has 6 nitrogen and oxygen atoms in total. The lowest BCUT2D eigenvalue weighted by Crippen LogP contribution is -2.38. The molecule has 1 amide bonds. The molecule has 2 N–H and O–H groups in total. The predicted molar refractivity (Wildman–Crippen MR) is 69.0 cm³/mol. The van der Waals surface area contributed by atoms with Gasteiger partial charge in [0, 0.05) is 25.8 Å². The molecular weight excluding hydrogens is 266 g/mol. The van der Waals surface area contributed by atoms with E-state index in [1.54, 1.807) is 7.05 Å². The lowest BCUT2D eigenvalue weighted by molar-refractivity contribution is 0.0694. The molecular formula is C12H17N3O3S. The van der Waals surface area contributed by atoms with E-state index in [1.165, 1.54) is 23.3 Å². The highest BCUT2D eigenvalue weighted by atomic mass is 32.2. The van der Waals surface area contributed by atoms with Gasteiger partial charge in [0.25, 0.3) is 5.91 Å². The van der Waals surface area contributed by atoms with Crippen LogP contribution >= 0.6 is 0 Å². The summed E-state index contributed by atoms with van der Waals surface area (Å²) in [5.41, 5.74) is 0.386. The zero-order valence-electron chi connectivity index (χ0n) is 10.7. The summed E-state index contributed by atoms with van der Waals surface area (Å²) in [7, 11) is -2.10. The molecule has 1 aromatic rings. The number of primary sulfonamides is 1. The first-order valence-corrected chi connectivity index (χ1v) is 7.91. The van der Waals surface area contributed by atoms with Crippen molar-refractivity contribution in [2.75, 3.05) is 6.54 Å². The van der Waals surface area contributed by atoms with E-state index in [-0.39, 0.29) is 10.8 Å². The van der Waals surface area contributed by atoms with Gasteiger partial charge in [-0.25, -0.2) is 13.6 Å². The van der Waals surface area contributed by atoms with Gasteiger partial charge in [0.1, 0.15) is 10.6 Å². The van der Waals surface area contributed by atoms with Crippen molar-refractivity contribution in [2.24, 2.45) is 18.1 Å². The number of hydrogen-bond donors (Lipinski definition) is 1. The molecule has 2 aliphatic rings. The van der Waals surface area contributed by atoms with Crippen LogP contribution in [0.15, 0.2) is 17.2 Å². The van der Waals surface area contributed by atoms with E-state index < -0.39 is 10.0 Å². The Balaban J connectivity index is 1.90. The molecule has 3 rings (SSSR count). The van der Waals surface area contributed by atoms with E-state index in [4.69, 9.17) is 5.14 Å². The van der Waals surface area contributed by atoms with Crippen LogP contribution < -0.4 is 5.14 Å². The molecule has 0 spiro atoms. The van der Waals surface area contributed by atoms with Gasteiger partial charge in [-0.1, -0.05) is 0 Å². The van der Waals surface area contributed by atoms with Crippen molar-refractivity contribution in [3.63, 3.8) is 0 Å². The Kier molecular flexibility index (Phi) is 2.72. The minimum Gasteiger partial charge on any atom is -0.345 e. The number of hydrogen-bond acceptors (Lipinski definition) is 3. The number of aryl methyl sites for hydroxylation is 1. The normalized spacial score (nSPS) is 26.1. The third kappa shape index (κ3) is 2.06. The molecule has 2 fully saturated rings. The maximum absolute atomic E-state index is 12.5. The number of amides is 1. The van der Waals surface area contributed by atoms with Gasteiger partial charge in [-0.2, -0.15) is 0 Å². The molecule has 1 saturated carbocycles. The number of fused-ring (bicyclic) bond motifs is 2. The number of sulfonamides is 1. The van der Waals surface area contributed by atoms with E-state index >= 15 is 0 Å². The summed E-state index contributed by atoms with van der Waals surface area (Å²) in [5.74, 6) is 0.525. The number of nitrogens with two attached hydrogens (primary N) is 1. The molecule has 0 radical (unpaired) electrons. The second-order valence-corrected chi connectivity index (χ2v) is 7.07. The van der Waals surface area contributed by atoms with Crippen LogP contribution in [0.3, 0.4) is 0 Å². The van der Waals surface area contributed by atoms with Gasteiger partial charge in [-0.15, -0.1) is 0 Å². The fraction of sp³-hybridized carbons (Fsp3) is 0.583. The summed E-state index contributed by atoms with van der Waals surface area (Å²) >= 11 is 0. The van der Waals surface area contributed by atoms with Gasteiger partial charge in [0.2, 0.25) is 10.0 Å². The molecule has 2 atom stereocenters. The molecule has 1 aliphatic heterocycles. The Hall–Kier alpha value is -1.34. The maximum Gasteiger partial charge on any atom is 0.270 e. The lowest BCUT2D eigenvalue weighted by atomic mass is 10.1. The van der Waals surface area contributed by atoms with Crippen molar-refractivity contribution in [3.8, 4) is 0 Å². The smallest absolute Gasteiger partial charge is 0.270 e. The maximum atomic E-state index is 12.5. The van der Waals surface area contributed by atoms with Crippen LogP contribution in [0.25, 0.3) is 0 Å². The average Bonchev–Trinajstić information content (AvgIpc) is 3.00. The van der Waals surface area contributed by atoms with Crippen LogP contribution in [0.1, 0.15) is 29.8 Å². The Bertz CT molecular complexity index is 635. The highest BCUT2D eigenvalue weighted by Crippen LogP contribution is 2.38. The van der Waals surface area contributed by atoms with Crippen LogP contribution in [0.2, 0.25) is 0 Å². The van der Waals surface area contributed by atoms with Crippen LogP contribution in [0.5, 0.6) is 0 Å². The monoisotopic (exact) mass is 283 g/mol. The summed E-state index contributed by atoms with van der Waals surface area (Å²) in [4.78, 5) is 14.3. The minimum atomic E-state index is -3.76. The number of likely N-dealkylation sites (tertiary alicyclic amines) is 1. The largest absolute Gasteiger partial charge is 0.345 e. The van der Waals surface area contributed by atoms with Crippen molar-refractivity contribution in [3.05, 3.63) is 18.0 Å². The van der Waals surface area contributed by atoms with Crippen LogP contribution in [0, 0.1) is 5.92 Å². The van der Waals surface area contributed by atoms with Crippen LogP contribution in [-0.2, 0) is 17.1 Å². The number of aromatic nitrogens is 1. The summed E-state index contributed by atoms with van der Waals surface area (Å²) in [5, 5.41) is 5.09. The predicted octanol–water partition coefficient (Wildman–Crippen LogP) is 0.297. The third-order valence-electron chi connectivity index (χ3n) is 4.20. The van der Waals surface area contributed by atoms with Crippen molar-refractivity contribution in [2.45, 2.75) is 30.2 Å². The Morgan fingerprint density at radius 2 is 2.16 bits per heavy atom. The molecule has 0 aromatic carbocycles. The van der Waals surface area contributed by atoms with E-state index in [0.29, 0.717) is 17.7 Å². The van der Waals surface area contributed by atoms with Crippen molar-refractivity contribution >= 4 is 15.9 Å². The SMILES string of the molecule is Cn1cc(S(N)(=O)=O)cc1C(=O)N1CC2CCC1C2. The lowest BCUT2D eigenvalue weighted by Gasteiger charge is -2.27. The molecule has 104 valence electrons. The topological polar surface area (TPSA) is 85.4 Å². The Labute approximate surface area is 112 Å². The second kappa shape index (κ2) is 4.08. The summed E-state index contributed by atoms with van der Waals surface area (Å²) in [6.07, 6.45) is 4.72. The van der Waals surface area contributed by atoms with Crippen LogP contribution in [0.4, 0.5) is 0 Å². The van der Waals surface area contributed by atoms with Crippen molar-refractivity contribution in [1.82, 2.24) is 9.47 Å². The quantitative estimate of drug-likeness (QED) is 0.847. The molecule has 19 heavy (non-hydrogen) atoms. The molecule has 1 aliphatic carbocycles. The van der Waals surface area contributed by atoms with Crippen molar-refractivity contribution in [1.29, 1.82) is 0 Å². The van der Waals surface area contributed by atoms with Gasteiger partial charge in [-0.05, 0) is 31.2 Å². The van der Waals surface area contributed by atoms with Gasteiger partial charge < -0.3 is 9.47 Å². The Morgan fingerprint density at radius 3 is 2.63 bits per heavy atom. The summed E-state index contributed by atoms with van der Waals surface area (Å²) in [6, 6.07) is 1.69. The number of nitrogens with zero attached hydrogens (tertiary/aromatic N) is 2. The summed E-state index contributed by atoms with van der Waals surface area (Å²) < 4.78 is 24.2. The standard InChI is InChI=1S/C12H17N3O3S/c1-14-7-10(19(13,17)18)5-11(14)12(16)15-6-8-2-3-9(15)4-8/h5,7-9H,2-4,6H2,1H3,(H2,13,17,18). The highest BCUT2D eigenvalue weighted by Gasteiger charge is 2.41. The Morgan fingerprint density at radius 1 is 1.42 bits per heavy atom. The first-order chi connectivity index (χ1) is 8.86. The molecule has 1 aromatic heterocycles. The van der Waals surface area contributed by atoms with E-state index in [1.807, 2.05) is 4.90 Å². The van der Waals surface area contributed by atoms with Gasteiger partial charge in [0.05, 0.1) is 0 Å². The number of carbonyl (C=O) groups is 1.